The third-order valence-corrected chi connectivity index (χ3v) is 12.7. The molecule has 0 spiro atoms. The second-order valence-corrected chi connectivity index (χ2v) is 16.7. The summed E-state index contributed by atoms with van der Waals surface area (Å²) in [6, 6.07) is 13.3. The molecule has 13 heteroatoms. The van der Waals surface area contributed by atoms with Gasteiger partial charge in [-0.3, -0.25) is 9.69 Å². The fourth-order valence-corrected chi connectivity index (χ4v) is 9.10. The smallest absolute Gasteiger partial charge is 0.326 e. The van der Waals surface area contributed by atoms with Gasteiger partial charge in [-0.25, -0.2) is 26.7 Å². The van der Waals surface area contributed by atoms with E-state index in [1.807, 2.05) is 43.3 Å². The van der Waals surface area contributed by atoms with Crippen LogP contribution in [0.1, 0.15) is 70.4 Å². The van der Waals surface area contributed by atoms with E-state index in [4.69, 9.17) is 9.47 Å². The zero-order valence-electron chi connectivity index (χ0n) is 35.8. The van der Waals surface area contributed by atoms with Crippen molar-refractivity contribution < 1.29 is 46.1 Å². The number of carboxylic acid groups (broad SMARTS) is 1. The van der Waals surface area contributed by atoms with Crippen molar-refractivity contribution >= 4 is 22.6 Å². The molecule has 8 nitrogen and oxygen atoms in total. The predicted octanol–water partition coefficient (Wildman–Crippen LogP) is 9.83. The summed E-state index contributed by atoms with van der Waals surface area (Å²) in [7, 11) is 4.36. The number of likely N-dealkylation sites (tertiary alicyclic amines) is 2. The Morgan fingerprint density at radius 2 is 1.50 bits per heavy atom. The lowest BCUT2D eigenvalue weighted by Gasteiger charge is -2.47. The number of carboxylic acids is 1. The van der Waals surface area contributed by atoms with Crippen molar-refractivity contribution in [3.8, 4) is 22.6 Å². The van der Waals surface area contributed by atoms with Crippen LogP contribution in [-0.2, 0) is 22.6 Å². The van der Waals surface area contributed by atoms with Crippen molar-refractivity contribution in [2.24, 2.45) is 11.3 Å². The molecule has 1 N–H and O–H groups in total. The molecule has 0 bridgehead atoms. The van der Waals surface area contributed by atoms with Crippen LogP contribution in [0.2, 0.25) is 0 Å². The second kappa shape index (κ2) is 19.1. The van der Waals surface area contributed by atoms with E-state index in [0.717, 1.165) is 21.4 Å². The Bertz CT molecular complexity index is 2020. The van der Waals surface area contributed by atoms with Gasteiger partial charge >= 0.3 is 5.97 Å². The van der Waals surface area contributed by atoms with Gasteiger partial charge in [0.05, 0.1) is 19.8 Å². The molecule has 0 aromatic heterocycles. The number of methoxy groups -OCH3 is 2. The molecule has 328 valence electrons. The number of hydrogen-bond acceptors (Lipinski definition) is 6. The molecular formula is C47H60F5N3O5. The molecule has 60 heavy (non-hydrogen) atoms. The van der Waals surface area contributed by atoms with Crippen molar-refractivity contribution in [1.82, 2.24) is 14.7 Å². The minimum atomic E-state index is -3.65. The SMILES string of the molecule is C=C(C)C(F)(F)C1CCN(Cc2cc(OC)c(-c3cccc4c(C[C@@H](C(=O)O)N(C)C(=O)C5(C(F)(F)C(=C)C)CCN(CC(F)CCC)CC5)cccc34)c(OC)c2)CC1. The number of alkyl halides is 5. The number of carbonyl (C=O) groups is 2. The van der Waals surface area contributed by atoms with E-state index < -0.39 is 52.8 Å². The number of ether oxygens (including phenoxy) is 2. The molecule has 2 fully saturated rings. The van der Waals surface area contributed by atoms with Gasteiger partial charge in [0.25, 0.3) is 11.8 Å². The molecule has 2 heterocycles. The van der Waals surface area contributed by atoms with E-state index in [0.29, 0.717) is 73.3 Å². The van der Waals surface area contributed by atoms with Crippen molar-refractivity contribution in [2.75, 3.05) is 54.0 Å². The molecule has 1 unspecified atom stereocenters. The molecule has 2 saturated heterocycles. The Hall–Kier alpha value is -4.49. The number of aliphatic carboxylic acids is 1. The number of likely N-dealkylation sites (N-methyl/N-ethyl adjacent to an activating group) is 1. The normalized spacial score (nSPS) is 17.9. The number of piperidine rings is 2. The maximum Gasteiger partial charge on any atom is 0.326 e. The third kappa shape index (κ3) is 9.37. The molecule has 2 aliphatic rings. The van der Waals surface area contributed by atoms with E-state index >= 15 is 8.78 Å². The van der Waals surface area contributed by atoms with Crippen molar-refractivity contribution in [3.05, 3.63) is 84.0 Å². The van der Waals surface area contributed by atoms with E-state index in [1.165, 1.54) is 20.9 Å². The van der Waals surface area contributed by atoms with Gasteiger partial charge in [-0.1, -0.05) is 62.9 Å². The number of rotatable bonds is 18. The molecule has 2 atom stereocenters. The summed E-state index contributed by atoms with van der Waals surface area (Å²) in [5.41, 5.74) is -0.0286. The van der Waals surface area contributed by atoms with Crippen molar-refractivity contribution in [3.63, 3.8) is 0 Å². The number of fused-ring (bicyclic) bond motifs is 1. The van der Waals surface area contributed by atoms with Crippen LogP contribution in [0.5, 0.6) is 11.5 Å². The van der Waals surface area contributed by atoms with Gasteiger partial charge in [0, 0.05) is 32.5 Å². The first-order chi connectivity index (χ1) is 28.3. The number of benzene rings is 3. The molecule has 3 aromatic carbocycles. The standard InChI is InChI=1S/C47H60F5N3O5/c1-9-12-35(48)29-55-23-19-45(20-24-55,47(51,52)31(4)5)44(58)53(6)39(43(56)57)27-33-13-10-15-37-36(33)14-11-16-38(37)42-40(59-7)25-32(26-41(42)60-8)28-54-21-17-34(18-22-54)46(49,50)30(2)3/h10-11,13-16,25-26,34-35,39H,2,4,9,12,17-24,27-29H2,1,3,5-8H3,(H,56,57)/t35?,39-/m0/s1. The molecular weight excluding hydrogens is 782 g/mol. The largest absolute Gasteiger partial charge is 0.496 e. The molecule has 0 radical (unpaired) electrons. The average molecular weight is 842 g/mol. The Morgan fingerprint density at radius 3 is 2.03 bits per heavy atom. The summed E-state index contributed by atoms with van der Waals surface area (Å²) >= 11 is 0. The van der Waals surface area contributed by atoms with E-state index in [-0.39, 0.29) is 44.5 Å². The lowest BCUT2D eigenvalue weighted by Crippen LogP contribution is -2.61. The van der Waals surface area contributed by atoms with E-state index in [1.54, 1.807) is 31.3 Å². The van der Waals surface area contributed by atoms with Crippen LogP contribution < -0.4 is 9.47 Å². The number of halogens is 5. The average Bonchev–Trinajstić information content (AvgIpc) is 3.22. The van der Waals surface area contributed by atoms with Gasteiger partial charge in [-0.2, -0.15) is 0 Å². The fraction of sp³-hybridized carbons (Fsp3) is 0.532. The van der Waals surface area contributed by atoms with E-state index in [2.05, 4.69) is 18.1 Å². The van der Waals surface area contributed by atoms with Crippen molar-refractivity contribution in [1.29, 1.82) is 0 Å². The zero-order chi connectivity index (χ0) is 44.2. The molecule has 0 aliphatic carbocycles. The highest BCUT2D eigenvalue weighted by Crippen LogP contribution is 2.51. The first kappa shape index (κ1) is 46.6. The van der Waals surface area contributed by atoms with Crippen LogP contribution in [0.15, 0.2) is 72.8 Å². The van der Waals surface area contributed by atoms with Crippen LogP contribution >= 0.6 is 0 Å². The van der Waals surface area contributed by atoms with Gasteiger partial charge in [-0.15, -0.1) is 0 Å². The Kier molecular flexibility index (Phi) is 14.8. The molecule has 3 aromatic rings. The van der Waals surface area contributed by atoms with Crippen LogP contribution in [0.25, 0.3) is 21.9 Å². The van der Waals surface area contributed by atoms with Gasteiger partial charge in [0.15, 0.2) is 0 Å². The number of nitrogens with zero attached hydrogens (tertiary/aromatic N) is 3. The second-order valence-electron chi connectivity index (χ2n) is 16.7. The molecule has 2 aliphatic heterocycles. The number of hydrogen-bond donors (Lipinski definition) is 1. The summed E-state index contributed by atoms with van der Waals surface area (Å²) < 4.78 is 88.1. The van der Waals surface area contributed by atoms with Gasteiger partial charge in [0.2, 0.25) is 5.91 Å². The zero-order valence-corrected chi connectivity index (χ0v) is 35.8. The summed E-state index contributed by atoms with van der Waals surface area (Å²) in [5.74, 6) is -8.60. The highest BCUT2D eigenvalue weighted by molar-refractivity contribution is 6.01. The van der Waals surface area contributed by atoms with Crippen LogP contribution in [0, 0.1) is 11.3 Å². The summed E-state index contributed by atoms with van der Waals surface area (Å²) in [6.07, 6.45) is -0.177. The van der Waals surface area contributed by atoms with Gasteiger partial charge < -0.3 is 24.4 Å². The summed E-state index contributed by atoms with van der Waals surface area (Å²) in [5, 5.41) is 12.0. The quantitative estimate of drug-likeness (QED) is 0.101. The van der Waals surface area contributed by atoms with Crippen LogP contribution in [0.3, 0.4) is 0 Å². The van der Waals surface area contributed by atoms with Gasteiger partial charge in [0.1, 0.15) is 29.1 Å². The fourth-order valence-electron chi connectivity index (χ4n) is 9.10. The highest BCUT2D eigenvalue weighted by Gasteiger charge is 2.61. The number of amides is 1. The summed E-state index contributed by atoms with van der Waals surface area (Å²) in [6.45, 7) is 13.1. The maximum atomic E-state index is 16.2. The number of carbonyl (C=O) groups excluding carboxylic acids is 1. The van der Waals surface area contributed by atoms with Crippen LogP contribution in [-0.4, -0.2) is 110 Å². The third-order valence-electron chi connectivity index (χ3n) is 12.7. The Morgan fingerprint density at radius 1 is 0.917 bits per heavy atom. The molecule has 0 saturated carbocycles. The predicted molar refractivity (Wildman–Crippen MR) is 226 cm³/mol. The highest BCUT2D eigenvalue weighted by atomic mass is 19.3. The summed E-state index contributed by atoms with van der Waals surface area (Å²) in [4.78, 5) is 32.2. The molecule has 5 rings (SSSR count). The first-order valence-electron chi connectivity index (χ1n) is 20.7. The Balaban J connectivity index is 1.43. The molecule has 1 amide bonds. The topological polar surface area (TPSA) is 82.5 Å². The first-order valence-corrected chi connectivity index (χ1v) is 20.7. The Labute approximate surface area is 351 Å². The maximum absolute atomic E-state index is 16.2. The minimum absolute atomic E-state index is 0.0559. The number of allylic oxidation sites excluding steroid dienone is 2. The monoisotopic (exact) mass is 841 g/mol. The minimum Gasteiger partial charge on any atom is -0.496 e. The van der Waals surface area contributed by atoms with Crippen LogP contribution in [0.4, 0.5) is 22.0 Å². The van der Waals surface area contributed by atoms with Crippen molar-refractivity contribution in [2.45, 2.75) is 96.3 Å². The lowest BCUT2D eigenvalue weighted by atomic mass is 9.69. The van der Waals surface area contributed by atoms with Gasteiger partial charge in [-0.05, 0) is 123 Å². The van der Waals surface area contributed by atoms with E-state index in [9.17, 15) is 27.9 Å². The lowest BCUT2D eigenvalue weighted by molar-refractivity contribution is -0.177.